The minimum atomic E-state index is -0.580. The van der Waals surface area contributed by atoms with Gasteiger partial charge in [-0.05, 0) is 30.3 Å². The number of carbonyl (C=O) groups is 2. The highest BCUT2D eigenvalue weighted by Gasteiger charge is 2.22. The Bertz CT molecular complexity index is 992. The summed E-state index contributed by atoms with van der Waals surface area (Å²) in [5, 5.41) is 9.99. The SMILES string of the molecule is COc1ccccc1C(CC(=O)c1ccccc1O)NNC(=O)c1ccncc1. The lowest BCUT2D eigenvalue weighted by Crippen LogP contribution is -2.41. The van der Waals surface area contributed by atoms with Crippen molar-refractivity contribution in [2.75, 3.05) is 7.11 Å². The fraction of sp³-hybridized carbons (Fsp3) is 0.136. The summed E-state index contributed by atoms with van der Waals surface area (Å²) < 4.78 is 5.41. The number of aromatic nitrogens is 1. The standard InChI is InChI=1S/C22H21N3O4/c1-29-21-9-5-3-6-16(21)18(14-20(27)17-7-2-4-8-19(17)26)24-25-22(28)15-10-12-23-13-11-15/h2-13,18,24,26H,14H2,1H3,(H,25,28). The van der Waals surface area contributed by atoms with Crippen LogP contribution in [0.4, 0.5) is 0 Å². The normalized spacial score (nSPS) is 11.5. The number of ether oxygens (including phenoxy) is 1. The number of phenolic OH excluding ortho intramolecular Hbond substituents is 1. The van der Waals surface area contributed by atoms with Crippen molar-refractivity contribution < 1.29 is 19.4 Å². The van der Waals surface area contributed by atoms with Crippen LogP contribution in [0.3, 0.4) is 0 Å². The zero-order chi connectivity index (χ0) is 20.6. The van der Waals surface area contributed by atoms with E-state index in [4.69, 9.17) is 4.74 Å². The molecule has 29 heavy (non-hydrogen) atoms. The average Bonchev–Trinajstić information content (AvgIpc) is 2.77. The van der Waals surface area contributed by atoms with Crippen molar-refractivity contribution in [3.63, 3.8) is 0 Å². The van der Waals surface area contributed by atoms with Crippen LogP contribution in [0.2, 0.25) is 0 Å². The van der Waals surface area contributed by atoms with E-state index >= 15 is 0 Å². The smallest absolute Gasteiger partial charge is 0.265 e. The highest BCUT2D eigenvalue weighted by atomic mass is 16.5. The Morgan fingerprint density at radius 1 is 1.03 bits per heavy atom. The molecule has 148 valence electrons. The summed E-state index contributed by atoms with van der Waals surface area (Å²) in [6.45, 7) is 0. The van der Waals surface area contributed by atoms with E-state index in [-0.39, 0.29) is 29.4 Å². The Morgan fingerprint density at radius 2 is 1.72 bits per heavy atom. The number of nitrogens with zero attached hydrogens (tertiary/aromatic N) is 1. The molecule has 1 amide bonds. The molecule has 3 rings (SSSR count). The number of pyridine rings is 1. The van der Waals surface area contributed by atoms with E-state index in [2.05, 4.69) is 15.8 Å². The Morgan fingerprint density at radius 3 is 2.45 bits per heavy atom. The first-order valence-electron chi connectivity index (χ1n) is 9.00. The Kier molecular flexibility index (Phi) is 6.55. The Hall–Kier alpha value is -3.71. The second-order valence-corrected chi connectivity index (χ2v) is 6.27. The van der Waals surface area contributed by atoms with Crippen molar-refractivity contribution in [3.8, 4) is 11.5 Å². The number of Topliss-reactive ketones (excluding diaryl/α,β-unsaturated/α-hetero) is 1. The molecule has 0 fully saturated rings. The molecule has 0 spiro atoms. The highest BCUT2D eigenvalue weighted by molar-refractivity contribution is 5.99. The maximum Gasteiger partial charge on any atom is 0.265 e. The maximum atomic E-state index is 12.8. The average molecular weight is 391 g/mol. The van der Waals surface area contributed by atoms with Crippen molar-refractivity contribution in [2.45, 2.75) is 12.5 Å². The molecule has 3 N–H and O–H groups in total. The monoisotopic (exact) mass is 391 g/mol. The van der Waals surface area contributed by atoms with Crippen LogP contribution >= 0.6 is 0 Å². The topological polar surface area (TPSA) is 101 Å². The van der Waals surface area contributed by atoms with Gasteiger partial charge < -0.3 is 9.84 Å². The molecule has 7 heteroatoms. The lowest BCUT2D eigenvalue weighted by Gasteiger charge is -2.21. The number of hydrogen-bond donors (Lipinski definition) is 3. The van der Waals surface area contributed by atoms with E-state index in [0.29, 0.717) is 16.9 Å². The molecule has 0 bridgehead atoms. The van der Waals surface area contributed by atoms with Crippen LogP contribution in [0.5, 0.6) is 11.5 Å². The molecule has 0 aliphatic rings. The van der Waals surface area contributed by atoms with Gasteiger partial charge in [-0.3, -0.25) is 20.0 Å². The van der Waals surface area contributed by atoms with Crippen molar-refractivity contribution in [1.29, 1.82) is 0 Å². The van der Waals surface area contributed by atoms with Crippen LogP contribution in [0, 0.1) is 0 Å². The van der Waals surface area contributed by atoms with Crippen LogP contribution in [-0.4, -0.2) is 28.9 Å². The first-order valence-corrected chi connectivity index (χ1v) is 9.00. The fourth-order valence-corrected chi connectivity index (χ4v) is 2.93. The number of amides is 1. The minimum Gasteiger partial charge on any atom is -0.507 e. The third-order valence-electron chi connectivity index (χ3n) is 4.41. The van der Waals surface area contributed by atoms with Gasteiger partial charge in [-0.15, -0.1) is 0 Å². The maximum absolute atomic E-state index is 12.8. The molecule has 3 aromatic rings. The van der Waals surface area contributed by atoms with Crippen molar-refractivity contribution in [3.05, 3.63) is 89.7 Å². The fourth-order valence-electron chi connectivity index (χ4n) is 2.93. The van der Waals surface area contributed by atoms with Gasteiger partial charge in [0.15, 0.2) is 5.78 Å². The predicted octanol–water partition coefficient (Wildman–Crippen LogP) is 3.04. The van der Waals surface area contributed by atoms with Crippen molar-refractivity contribution in [2.24, 2.45) is 0 Å². The van der Waals surface area contributed by atoms with Gasteiger partial charge in [-0.2, -0.15) is 0 Å². The number of carbonyl (C=O) groups excluding carboxylic acids is 2. The summed E-state index contributed by atoms with van der Waals surface area (Å²) in [6.07, 6.45) is 3.04. The van der Waals surface area contributed by atoms with Gasteiger partial charge in [0, 0.05) is 29.9 Å². The molecule has 1 aromatic heterocycles. The second kappa shape index (κ2) is 9.48. The lowest BCUT2D eigenvalue weighted by atomic mass is 9.97. The molecule has 1 atom stereocenters. The van der Waals surface area contributed by atoms with E-state index in [1.54, 1.807) is 36.4 Å². The van der Waals surface area contributed by atoms with Gasteiger partial charge in [0.1, 0.15) is 11.5 Å². The number of rotatable bonds is 8. The molecule has 0 radical (unpaired) electrons. The van der Waals surface area contributed by atoms with Gasteiger partial charge in [0.2, 0.25) is 0 Å². The molecule has 2 aromatic carbocycles. The summed E-state index contributed by atoms with van der Waals surface area (Å²) in [5.74, 6) is -0.141. The second-order valence-electron chi connectivity index (χ2n) is 6.27. The number of methoxy groups -OCH3 is 1. The van der Waals surface area contributed by atoms with E-state index in [9.17, 15) is 14.7 Å². The lowest BCUT2D eigenvalue weighted by molar-refractivity contribution is 0.0898. The number of phenols is 1. The van der Waals surface area contributed by atoms with Crippen molar-refractivity contribution in [1.82, 2.24) is 15.8 Å². The van der Waals surface area contributed by atoms with Gasteiger partial charge >= 0.3 is 0 Å². The molecule has 0 aliphatic carbocycles. The van der Waals surface area contributed by atoms with E-state index in [0.717, 1.165) is 0 Å². The number of nitrogens with one attached hydrogen (secondary N) is 2. The number of aromatic hydroxyl groups is 1. The summed E-state index contributed by atoms with van der Waals surface area (Å²) in [5.41, 5.74) is 6.91. The number of hydrogen-bond acceptors (Lipinski definition) is 6. The van der Waals surface area contributed by atoms with E-state index in [1.807, 2.05) is 18.2 Å². The summed E-state index contributed by atoms with van der Waals surface area (Å²) in [4.78, 5) is 29.1. The largest absolute Gasteiger partial charge is 0.507 e. The highest BCUT2D eigenvalue weighted by Crippen LogP contribution is 2.29. The molecule has 7 nitrogen and oxygen atoms in total. The molecule has 1 unspecified atom stereocenters. The molecule has 1 heterocycles. The number of para-hydroxylation sites is 2. The van der Waals surface area contributed by atoms with Crippen LogP contribution < -0.4 is 15.6 Å². The number of hydrazine groups is 1. The first-order chi connectivity index (χ1) is 14.1. The van der Waals surface area contributed by atoms with Gasteiger partial charge in [0.05, 0.1) is 18.7 Å². The van der Waals surface area contributed by atoms with Crippen LogP contribution in [0.15, 0.2) is 73.1 Å². The van der Waals surface area contributed by atoms with E-state index < -0.39 is 6.04 Å². The number of ketones is 1. The molecule has 0 saturated carbocycles. The Balaban J connectivity index is 1.83. The molecular weight excluding hydrogens is 370 g/mol. The molecule has 0 aliphatic heterocycles. The third-order valence-corrected chi connectivity index (χ3v) is 4.41. The first kappa shape index (κ1) is 20.0. The summed E-state index contributed by atoms with van der Waals surface area (Å²) >= 11 is 0. The summed E-state index contributed by atoms with van der Waals surface area (Å²) in [6, 6.07) is 16.2. The molecular formula is C22H21N3O4. The van der Waals surface area contributed by atoms with Crippen LogP contribution in [-0.2, 0) is 0 Å². The van der Waals surface area contributed by atoms with Gasteiger partial charge in [0.25, 0.3) is 5.91 Å². The third kappa shape index (κ3) is 4.97. The van der Waals surface area contributed by atoms with Gasteiger partial charge in [-0.1, -0.05) is 30.3 Å². The zero-order valence-electron chi connectivity index (χ0n) is 15.8. The van der Waals surface area contributed by atoms with E-state index in [1.165, 1.54) is 25.6 Å². The van der Waals surface area contributed by atoms with Crippen LogP contribution in [0.25, 0.3) is 0 Å². The van der Waals surface area contributed by atoms with Gasteiger partial charge in [-0.25, -0.2) is 5.43 Å². The quantitative estimate of drug-likeness (QED) is 0.403. The number of benzene rings is 2. The molecule has 0 saturated heterocycles. The van der Waals surface area contributed by atoms with Crippen molar-refractivity contribution >= 4 is 11.7 Å². The Labute approximate surface area is 168 Å². The summed E-state index contributed by atoms with van der Waals surface area (Å²) in [7, 11) is 1.54. The minimum absolute atomic E-state index is 0.00539. The predicted molar refractivity (Wildman–Crippen MR) is 108 cm³/mol. The van der Waals surface area contributed by atoms with Crippen LogP contribution in [0.1, 0.15) is 38.7 Å². The zero-order valence-corrected chi connectivity index (χ0v) is 15.8.